The molecule has 0 saturated carbocycles. The molecule has 0 aliphatic rings. The highest BCUT2D eigenvalue weighted by atomic mass is 19.4. The van der Waals surface area contributed by atoms with E-state index in [2.05, 4.69) is 4.98 Å². The van der Waals surface area contributed by atoms with Gasteiger partial charge in [-0.05, 0) is 42.0 Å². The molecular weight excluding hydrogens is 335 g/mol. The number of aromatic nitrogens is 1. The molecule has 0 atom stereocenters. The van der Waals surface area contributed by atoms with Crippen LogP contribution in [-0.4, -0.2) is 25.2 Å². The number of esters is 1. The minimum absolute atomic E-state index is 0.191. The molecule has 25 heavy (non-hydrogen) atoms. The summed E-state index contributed by atoms with van der Waals surface area (Å²) in [6.45, 7) is 0. The highest BCUT2D eigenvalue weighted by molar-refractivity contribution is 6.10. The Labute approximate surface area is 141 Å². The number of rotatable bonds is 3. The van der Waals surface area contributed by atoms with Gasteiger partial charge in [0.25, 0.3) is 0 Å². The Morgan fingerprint density at radius 3 is 2.28 bits per heavy atom. The first-order valence-electron chi connectivity index (χ1n) is 7.31. The highest BCUT2D eigenvalue weighted by Crippen LogP contribution is 2.36. The number of fused-ring (bicyclic) bond motifs is 1. The number of methoxy groups -OCH3 is 2. The molecule has 0 fully saturated rings. The summed E-state index contributed by atoms with van der Waals surface area (Å²) in [6, 6.07) is 10.0. The number of aromatic amines is 1. The van der Waals surface area contributed by atoms with Gasteiger partial charge in [0.15, 0.2) is 0 Å². The molecule has 1 heterocycles. The molecule has 4 nitrogen and oxygen atoms in total. The minimum Gasteiger partial charge on any atom is -0.497 e. The summed E-state index contributed by atoms with van der Waals surface area (Å²) in [6.07, 6.45) is -4.47. The molecule has 0 spiro atoms. The normalized spacial score (nSPS) is 11.6. The van der Waals surface area contributed by atoms with E-state index in [1.54, 1.807) is 24.3 Å². The number of carbonyl (C=O) groups is 1. The minimum atomic E-state index is -4.47. The summed E-state index contributed by atoms with van der Waals surface area (Å²) in [5.74, 6) is -0.00402. The van der Waals surface area contributed by atoms with Crippen LogP contribution in [0.2, 0.25) is 0 Å². The number of carbonyl (C=O) groups excluding carboxylic acids is 1. The molecule has 0 bridgehead atoms. The number of alkyl halides is 3. The van der Waals surface area contributed by atoms with Crippen molar-refractivity contribution in [2.24, 2.45) is 0 Å². The predicted molar refractivity (Wildman–Crippen MR) is 86.6 cm³/mol. The van der Waals surface area contributed by atoms with Crippen LogP contribution in [0, 0.1) is 0 Å². The van der Waals surface area contributed by atoms with Crippen LogP contribution in [0.15, 0.2) is 42.5 Å². The topological polar surface area (TPSA) is 51.3 Å². The Kier molecular flexibility index (Phi) is 4.16. The van der Waals surface area contributed by atoms with Gasteiger partial charge in [-0.1, -0.05) is 6.07 Å². The quantitative estimate of drug-likeness (QED) is 0.701. The number of hydrogen-bond acceptors (Lipinski definition) is 3. The Hall–Kier alpha value is -2.96. The first kappa shape index (κ1) is 16.9. The van der Waals surface area contributed by atoms with Gasteiger partial charge in [0, 0.05) is 10.9 Å². The molecule has 1 N–H and O–H groups in total. The average molecular weight is 349 g/mol. The lowest BCUT2D eigenvalue weighted by atomic mass is 10.0. The van der Waals surface area contributed by atoms with Gasteiger partial charge in [0.2, 0.25) is 0 Å². The molecule has 130 valence electrons. The van der Waals surface area contributed by atoms with E-state index in [-0.39, 0.29) is 11.1 Å². The van der Waals surface area contributed by atoms with Crippen LogP contribution >= 0.6 is 0 Å². The number of ether oxygens (including phenoxy) is 2. The molecule has 0 saturated heterocycles. The lowest BCUT2D eigenvalue weighted by Crippen LogP contribution is -2.04. The SMILES string of the molecule is COC(=O)c1c(-c2ccc(OC)cc2)[nH]c2cc(C(F)(F)F)ccc12. The maximum atomic E-state index is 12.9. The third-order valence-corrected chi connectivity index (χ3v) is 3.89. The van der Waals surface area contributed by atoms with Gasteiger partial charge in [-0.3, -0.25) is 0 Å². The zero-order chi connectivity index (χ0) is 18.2. The molecule has 0 aliphatic carbocycles. The van der Waals surface area contributed by atoms with Crippen molar-refractivity contribution >= 4 is 16.9 Å². The van der Waals surface area contributed by atoms with Crippen LogP contribution in [0.4, 0.5) is 13.2 Å². The number of benzene rings is 2. The Bertz CT molecular complexity index is 927. The van der Waals surface area contributed by atoms with Gasteiger partial charge in [-0.2, -0.15) is 13.2 Å². The summed E-state index contributed by atoms with van der Waals surface area (Å²) < 4.78 is 48.7. The molecule has 3 rings (SSSR count). The molecule has 0 unspecified atom stereocenters. The van der Waals surface area contributed by atoms with Crippen molar-refractivity contribution in [1.29, 1.82) is 0 Å². The maximum absolute atomic E-state index is 12.9. The average Bonchev–Trinajstić information content (AvgIpc) is 2.99. The number of H-pyrrole nitrogens is 1. The second-order valence-electron chi connectivity index (χ2n) is 5.35. The zero-order valence-electron chi connectivity index (χ0n) is 13.4. The number of nitrogens with one attached hydrogen (secondary N) is 1. The van der Waals surface area contributed by atoms with E-state index in [0.29, 0.717) is 22.4 Å². The van der Waals surface area contributed by atoms with Crippen LogP contribution in [0.5, 0.6) is 5.75 Å². The highest BCUT2D eigenvalue weighted by Gasteiger charge is 2.31. The largest absolute Gasteiger partial charge is 0.497 e. The first-order valence-corrected chi connectivity index (χ1v) is 7.31. The molecular formula is C18H14F3NO3. The summed E-state index contributed by atoms with van der Waals surface area (Å²) in [5, 5.41) is 0.366. The van der Waals surface area contributed by atoms with E-state index in [0.717, 1.165) is 12.1 Å². The fourth-order valence-electron chi connectivity index (χ4n) is 2.66. The van der Waals surface area contributed by atoms with E-state index >= 15 is 0 Å². The van der Waals surface area contributed by atoms with Gasteiger partial charge in [-0.15, -0.1) is 0 Å². The molecule has 1 aromatic heterocycles. The van der Waals surface area contributed by atoms with Gasteiger partial charge < -0.3 is 14.5 Å². The number of halogens is 3. The van der Waals surface area contributed by atoms with Crippen molar-refractivity contribution in [2.75, 3.05) is 14.2 Å². The van der Waals surface area contributed by atoms with Crippen molar-refractivity contribution in [3.8, 4) is 17.0 Å². The van der Waals surface area contributed by atoms with Crippen LogP contribution in [0.3, 0.4) is 0 Å². The Balaban J connectivity index is 2.23. The maximum Gasteiger partial charge on any atom is 0.416 e. The molecule has 2 aromatic carbocycles. The molecule has 0 aliphatic heterocycles. The zero-order valence-corrected chi connectivity index (χ0v) is 13.4. The van der Waals surface area contributed by atoms with Gasteiger partial charge in [-0.25, -0.2) is 4.79 Å². The molecule has 0 radical (unpaired) electrons. The van der Waals surface area contributed by atoms with Crippen LogP contribution in [0.1, 0.15) is 15.9 Å². The summed E-state index contributed by atoms with van der Waals surface area (Å²) in [4.78, 5) is 15.1. The second-order valence-corrected chi connectivity index (χ2v) is 5.35. The lowest BCUT2D eigenvalue weighted by Gasteiger charge is -2.06. The third kappa shape index (κ3) is 3.05. The van der Waals surface area contributed by atoms with Gasteiger partial charge in [0.05, 0.1) is 31.0 Å². The van der Waals surface area contributed by atoms with Crippen molar-refractivity contribution in [1.82, 2.24) is 4.98 Å². The van der Waals surface area contributed by atoms with E-state index < -0.39 is 17.7 Å². The van der Waals surface area contributed by atoms with Crippen molar-refractivity contribution < 1.29 is 27.4 Å². The molecule has 7 heteroatoms. The lowest BCUT2D eigenvalue weighted by molar-refractivity contribution is -0.137. The predicted octanol–water partition coefficient (Wildman–Crippen LogP) is 4.65. The monoisotopic (exact) mass is 349 g/mol. The third-order valence-electron chi connectivity index (χ3n) is 3.89. The fourth-order valence-corrected chi connectivity index (χ4v) is 2.66. The second kappa shape index (κ2) is 6.16. The Morgan fingerprint density at radius 1 is 1.04 bits per heavy atom. The molecule has 0 amide bonds. The van der Waals surface area contributed by atoms with Gasteiger partial charge >= 0.3 is 12.1 Å². The van der Waals surface area contributed by atoms with E-state index in [9.17, 15) is 18.0 Å². The summed E-state index contributed by atoms with van der Waals surface area (Å²) >= 11 is 0. The Morgan fingerprint density at radius 2 is 1.72 bits per heavy atom. The van der Waals surface area contributed by atoms with Crippen LogP contribution in [-0.2, 0) is 10.9 Å². The van der Waals surface area contributed by atoms with Gasteiger partial charge in [0.1, 0.15) is 5.75 Å². The van der Waals surface area contributed by atoms with Crippen LogP contribution < -0.4 is 4.74 Å². The van der Waals surface area contributed by atoms with E-state index in [1.807, 2.05) is 0 Å². The van der Waals surface area contributed by atoms with Crippen LogP contribution in [0.25, 0.3) is 22.2 Å². The number of hydrogen-bond donors (Lipinski definition) is 1. The van der Waals surface area contributed by atoms with Crippen molar-refractivity contribution in [3.63, 3.8) is 0 Å². The standard InChI is InChI=1S/C18H14F3NO3/c1-24-12-6-3-10(4-7-12)16-15(17(23)25-2)13-8-5-11(18(19,20)21)9-14(13)22-16/h3-9,22H,1-2H3. The first-order chi connectivity index (χ1) is 11.8. The van der Waals surface area contributed by atoms with E-state index in [1.165, 1.54) is 20.3 Å². The van der Waals surface area contributed by atoms with Crippen molar-refractivity contribution in [2.45, 2.75) is 6.18 Å². The molecule has 3 aromatic rings. The summed E-state index contributed by atoms with van der Waals surface area (Å²) in [7, 11) is 2.75. The fraction of sp³-hybridized carbons (Fsp3) is 0.167. The smallest absolute Gasteiger partial charge is 0.416 e. The summed E-state index contributed by atoms with van der Waals surface area (Å²) in [5.41, 5.74) is 0.631. The van der Waals surface area contributed by atoms with E-state index in [4.69, 9.17) is 9.47 Å². The van der Waals surface area contributed by atoms with Crippen molar-refractivity contribution in [3.05, 3.63) is 53.6 Å².